The first-order valence-corrected chi connectivity index (χ1v) is 8.62. The van der Waals surface area contributed by atoms with Crippen LogP contribution < -0.4 is 4.72 Å². The van der Waals surface area contributed by atoms with E-state index in [0.29, 0.717) is 25.0 Å². The smallest absolute Gasteiger partial charge is 0.240 e. The highest BCUT2D eigenvalue weighted by atomic mass is 32.2. The van der Waals surface area contributed by atoms with Crippen LogP contribution in [0.4, 0.5) is 0 Å². The van der Waals surface area contributed by atoms with Crippen LogP contribution in [-0.2, 0) is 14.8 Å². The lowest BCUT2D eigenvalue weighted by Gasteiger charge is -2.35. The standard InChI is InChI=1S/C15H23NO4S/c1-11(17)12-5-4-6-14(9-12)21(18,19)16-13-7-8-20-15(2,3)10-13/h4-6,9,11,13,16-17H,7-8,10H2,1-3H3. The third kappa shape index (κ3) is 4.26. The molecule has 2 atom stereocenters. The van der Waals surface area contributed by atoms with Crippen molar-refractivity contribution in [2.45, 2.75) is 56.3 Å². The van der Waals surface area contributed by atoms with Gasteiger partial charge in [0.2, 0.25) is 10.0 Å². The summed E-state index contributed by atoms with van der Waals surface area (Å²) in [4.78, 5) is 0.185. The summed E-state index contributed by atoms with van der Waals surface area (Å²) in [7, 11) is -3.58. The van der Waals surface area contributed by atoms with Crippen LogP contribution in [0, 0.1) is 0 Å². The molecule has 5 nitrogen and oxygen atoms in total. The lowest BCUT2D eigenvalue weighted by atomic mass is 9.95. The molecule has 1 heterocycles. The highest BCUT2D eigenvalue weighted by Crippen LogP contribution is 2.25. The molecule has 0 saturated carbocycles. The number of benzene rings is 1. The van der Waals surface area contributed by atoms with Crippen LogP contribution in [-0.4, -0.2) is 31.8 Å². The molecule has 6 heteroatoms. The van der Waals surface area contributed by atoms with Gasteiger partial charge in [-0.25, -0.2) is 13.1 Å². The first-order valence-electron chi connectivity index (χ1n) is 7.14. The fourth-order valence-electron chi connectivity index (χ4n) is 2.56. The topological polar surface area (TPSA) is 75.6 Å². The number of aliphatic hydroxyl groups excluding tert-OH is 1. The van der Waals surface area contributed by atoms with Gasteiger partial charge < -0.3 is 9.84 Å². The summed E-state index contributed by atoms with van der Waals surface area (Å²) in [5, 5.41) is 9.57. The second-order valence-electron chi connectivity index (χ2n) is 6.17. The fourth-order valence-corrected chi connectivity index (χ4v) is 3.89. The van der Waals surface area contributed by atoms with Gasteiger partial charge in [-0.2, -0.15) is 0 Å². The van der Waals surface area contributed by atoms with Crippen LogP contribution in [0.1, 0.15) is 45.3 Å². The van der Waals surface area contributed by atoms with E-state index in [4.69, 9.17) is 4.74 Å². The molecule has 0 bridgehead atoms. The van der Waals surface area contributed by atoms with E-state index in [1.54, 1.807) is 25.1 Å². The second kappa shape index (κ2) is 6.04. The Kier molecular flexibility index (Phi) is 4.72. The Morgan fingerprint density at radius 3 is 2.76 bits per heavy atom. The molecule has 0 spiro atoms. The molecule has 2 rings (SSSR count). The predicted molar refractivity (Wildman–Crippen MR) is 80.5 cm³/mol. The zero-order valence-corrected chi connectivity index (χ0v) is 13.5. The van der Waals surface area contributed by atoms with E-state index in [9.17, 15) is 13.5 Å². The lowest BCUT2D eigenvalue weighted by Crippen LogP contribution is -2.45. The quantitative estimate of drug-likeness (QED) is 0.891. The number of hydrogen-bond donors (Lipinski definition) is 2. The summed E-state index contributed by atoms with van der Waals surface area (Å²) in [5.41, 5.74) is 0.276. The molecule has 1 aliphatic heterocycles. The van der Waals surface area contributed by atoms with Crippen molar-refractivity contribution in [2.24, 2.45) is 0 Å². The molecule has 2 unspecified atom stereocenters. The highest BCUT2D eigenvalue weighted by molar-refractivity contribution is 7.89. The van der Waals surface area contributed by atoms with Crippen LogP contribution in [0.25, 0.3) is 0 Å². The van der Waals surface area contributed by atoms with Crippen LogP contribution in [0.15, 0.2) is 29.2 Å². The summed E-state index contributed by atoms with van der Waals surface area (Å²) < 4.78 is 33.2. The molecule has 2 N–H and O–H groups in total. The Balaban J connectivity index is 2.17. The van der Waals surface area contributed by atoms with Gasteiger partial charge in [-0.3, -0.25) is 0 Å². The summed E-state index contributed by atoms with van der Waals surface area (Å²) in [6, 6.07) is 6.27. The Bertz CT molecular complexity index is 595. The summed E-state index contributed by atoms with van der Waals surface area (Å²) in [6.07, 6.45) is 0.614. The van der Waals surface area contributed by atoms with Gasteiger partial charge in [0.05, 0.1) is 16.6 Å². The average molecular weight is 313 g/mol. The van der Waals surface area contributed by atoms with Crippen molar-refractivity contribution < 1.29 is 18.3 Å². The Hall–Kier alpha value is -0.950. The molecule has 21 heavy (non-hydrogen) atoms. The first-order chi connectivity index (χ1) is 9.70. The SMILES string of the molecule is CC(O)c1cccc(S(=O)(=O)NC2CCOC(C)(C)C2)c1. The number of nitrogens with one attached hydrogen (secondary N) is 1. The number of ether oxygens (including phenoxy) is 1. The summed E-state index contributed by atoms with van der Waals surface area (Å²) >= 11 is 0. The largest absolute Gasteiger partial charge is 0.389 e. The zero-order valence-electron chi connectivity index (χ0n) is 12.7. The van der Waals surface area contributed by atoms with Crippen molar-refractivity contribution in [3.8, 4) is 0 Å². The van der Waals surface area contributed by atoms with Crippen molar-refractivity contribution in [1.29, 1.82) is 0 Å². The summed E-state index contributed by atoms with van der Waals surface area (Å²) in [5.74, 6) is 0. The van der Waals surface area contributed by atoms with E-state index in [-0.39, 0.29) is 16.5 Å². The molecular formula is C15H23NO4S. The number of aliphatic hydroxyl groups is 1. The predicted octanol–water partition coefficient (Wildman–Crippen LogP) is 1.98. The fraction of sp³-hybridized carbons (Fsp3) is 0.600. The third-order valence-corrected chi connectivity index (χ3v) is 5.19. The van der Waals surface area contributed by atoms with Crippen molar-refractivity contribution in [3.05, 3.63) is 29.8 Å². The minimum Gasteiger partial charge on any atom is -0.389 e. The molecule has 0 radical (unpaired) electrons. The Labute approximate surface area is 126 Å². The van der Waals surface area contributed by atoms with Crippen LogP contribution in [0.2, 0.25) is 0 Å². The maximum Gasteiger partial charge on any atom is 0.240 e. The zero-order chi connectivity index (χ0) is 15.7. The van der Waals surface area contributed by atoms with Crippen molar-refractivity contribution >= 4 is 10.0 Å². The Morgan fingerprint density at radius 1 is 1.43 bits per heavy atom. The molecule has 1 fully saturated rings. The minimum atomic E-state index is -3.58. The maximum absolute atomic E-state index is 12.5. The Morgan fingerprint density at radius 2 is 2.14 bits per heavy atom. The average Bonchev–Trinajstić information content (AvgIpc) is 2.37. The van der Waals surface area contributed by atoms with Crippen molar-refractivity contribution in [2.75, 3.05) is 6.61 Å². The number of sulfonamides is 1. The van der Waals surface area contributed by atoms with Crippen LogP contribution in [0.3, 0.4) is 0 Å². The third-order valence-electron chi connectivity index (χ3n) is 3.67. The minimum absolute atomic E-state index is 0.131. The van der Waals surface area contributed by atoms with Crippen molar-refractivity contribution in [3.63, 3.8) is 0 Å². The van der Waals surface area contributed by atoms with Gasteiger partial charge in [0.15, 0.2) is 0 Å². The van der Waals surface area contributed by atoms with E-state index in [1.165, 1.54) is 6.07 Å². The number of rotatable bonds is 4. The normalized spacial score (nSPS) is 23.7. The lowest BCUT2D eigenvalue weighted by molar-refractivity contribution is -0.0599. The van der Waals surface area contributed by atoms with Gasteiger partial charge in [-0.15, -0.1) is 0 Å². The molecule has 0 aromatic heterocycles. The second-order valence-corrected chi connectivity index (χ2v) is 7.88. The van der Waals surface area contributed by atoms with Gasteiger partial charge in [0.25, 0.3) is 0 Å². The van der Waals surface area contributed by atoms with Gasteiger partial charge in [0.1, 0.15) is 0 Å². The first kappa shape index (κ1) is 16.4. The van der Waals surface area contributed by atoms with Gasteiger partial charge in [-0.05, 0) is 51.3 Å². The molecule has 1 aliphatic rings. The van der Waals surface area contributed by atoms with E-state index < -0.39 is 16.1 Å². The molecule has 1 aromatic carbocycles. The molecule has 118 valence electrons. The molecule has 0 amide bonds. The molecule has 1 aromatic rings. The molecule has 0 aliphatic carbocycles. The van der Waals surface area contributed by atoms with Crippen LogP contribution in [0.5, 0.6) is 0 Å². The maximum atomic E-state index is 12.5. The molecule has 1 saturated heterocycles. The van der Waals surface area contributed by atoms with E-state index in [0.717, 1.165) is 0 Å². The van der Waals surface area contributed by atoms with Gasteiger partial charge >= 0.3 is 0 Å². The molecular weight excluding hydrogens is 290 g/mol. The van der Waals surface area contributed by atoms with E-state index >= 15 is 0 Å². The van der Waals surface area contributed by atoms with Crippen molar-refractivity contribution in [1.82, 2.24) is 4.72 Å². The van der Waals surface area contributed by atoms with E-state index in [2.05, 4.69) is 4.72 Å². The highest BCUT2D eigenvalue weighted by Gasteiger charge is 2.31. The van der Waals surface area contributed by atoms with E-state index in [1.807, 2.05) is 13.8 Å². The monoisotopic (exact) mass is 313 g/mol. The van der Waals surface area contributed by atoms with Gasteiger partial charge in [-0.1, -0.05) is 12.1 Å². The summed E-state index contributed by atoms with van der Waals surface area (Å²) in [6.45, 7) is 6.08. The number of hydrogen-bond acceptors (Lipinski definition) is 4. The van der Waals surface area contributed by atoms with Crippen LogP contribution >= 0.6 is 0 Å². The van der Waals surface area contributed by atoms with Gasteiger partial charge in [0, 0.05) is 12.6 Å².